The fourth-order valence-electron chi connectivity index (χ4n) is 3.38. The van der Waals surface area contributed by atoms with Gasteiger partial charge in [0.05, 0.1) is 30.2 Å². The Hall–Kier alpha value is -3.11. The molecule has 2 atom stereocenters. The number of nitrogens with zero attached hydrogens (tertiary/aromatic N) is 1. The molecule has 0 amide bonds. The Bertz CT molecular complexity index is 1040. The summed E-state index contributed by atoms with van der Waals surface area (Å²) in [6, 6.07) is 22.4. The van der Waals surface area contributed by atoms with Crippen LogP contribution in [0.5, 0.6) is 11.5 Å². The van der Waals surface area contributed by atoms with Gasteiger partial charge in [-0.3, -0.25) is 4.55 Å². The van der Waals surface area contributed by atoms with Gasteiger partial charge in [-0.2, -0.15) is 8.42 Å². The molecule has 176 valence electrons. The maximum Gasteiger partial charge on any atom is 0.294 e. The highest BCUT2D eigenvalue weighted by Crippen LogP contribution is 2.25. The van der Waals surface area contributed by atoms with Crippen LogP contribution in [-0.2, 0) is 10.1 Å². The zero-order valence-corrected chi connectivity index (χ0v) is 18.7. The van der Waals surface area contributed by atoms with Crippen LogP contribution >= 0.6 is 0 Å². The Morgan fingerprint density at radius 1 is 0.727 bits per heavy atom. The van der Waals surface area contributed by atoms with Gasteiger partial charge in [0.25, 0.3) is 10.1 Å². The molecule has 33 heavy (non-hydrogen) atoms. The lowest BCUT2D eigenvalue weighted by Gasteiger charge is -2.38. The number of rotatable bonds is 12. The van der Waals surface area contributed by atoms with E-state index in [0.717, 1.165) is 0 Å². The van der Waals surface area contributed by atoms with Crippen molar-refractivity contribution in [3.05, 3.63) is 84.9 Å². The third kappa shape index (κ3) is 6.93. The number of hydrogen-bond acceptors (Lipinski definition) is 7. The average molecular weight is 474 g/mol. The van der Waals surface area contributed by atoms with Crippen LogP contribution in [0.2, 0.25) is 0 Å². The second kappa shape index (κ2) is 11.7. The van der Waals surface area contributed by atoms with Crippen molar-refractivity contribution in [2.24, 2.45) is 0 Å². The summed E-state index contributed by atoms with van der Waals surface area (Å²) in [4.78, 5) is 1.35. The highest BCUT2D eigenvalue weighted by atomic mass is 32.2. The lowest BCUT2D eigenvalue weighted by molar-refractivity contribution is 0.156. The van der Waals surface area contributed by atoms with Gasteiger partial charge in [0.1, 0.15) is 24.7 Å². The summed E-state index contributed by atoms with van der Waals surface area (Å²) in [6.07, 6.45) is 0. The molecule has 3 aromatic carbocycles. The van der Waals surface area contributed by atoms with E-state index in [4.69, 9.17) is 9.47 Å². The molecule has 0 saturated carbocycles. The van der Waals surface area contributed by atoms with Gasteiger partial charge >= 0.3 is 0 Å². The molecule has 3 N–H and O–H groups in total. The third-order valence-corrected chi connectivity index (χ3v) is 5.84. The Morgan fingerprint density at radius 3 is 1.64 bits per heavy atom. The zero-order valence-electron chi connectivity index (χ0n) is 17.9. The molecule has 0 aliphatic rings. The second-order valence-electron chi connectivity index (χ2n) is 7.30. The third-order valence-electron chi connectivity index (χ3n) is 4.99. The minimum atomic E-state index is -4.45. The smallest absolute Gasteiger partial charge is 0.294 e. The van der Waals surface area contributed by atoms with Crippen molar-refractivity contribution >= 4 is 15.8 Å². The van der Waals surface area contributed by atoms with E-state index in [9.17, 15) is 23.2 Å². The lowest BCUT2D eigenvalue weighted by atomic mass is 10.1. The van der Waals surface area contributed by atoms with Crippen LogP contribution in [0.1, 0.15) is 0 Å². The number of aliphatic hydroxyl groups is 2. The Kier molecular flexibility index (Phi) is 8.67. The topological polar surface area (TPSA) is 117 Å². The number of ether oxygens (including phenoxy) is 2. The standard InChI is InChI=1S/C24H27NO7S/c26-15-20(17-31-22-9-3-1-4-10-22)25(19-8-7-13-24(14-19)33(28,29)30)21(16-27)18-32-23-11-5-2-6-12-23/h1-14,20-21,26-27H,15-18H2,(H,28,29,30). The normalized spacial score (nSPS) is 13.2. The van der Waals surface area contributed by atoms with E-state index in [1.807, 2.05) is 36.4 Å². The molecule has 8 nitrogen and oxygen atoms in total. The fraction of sp³-hybridized carbons (Fsp3) is 0.250. The van der Waals surface area contributed by atoms with E-state index in [2.05, 4.69) is 0 Å². The van der Waals surface area contributed by atoms with Crippen LogP contribution in [0.15, 0.2) is 89.8 Å². The van der Waals surface area contributed by atoms with Crippen molar-refractivity contribution in [1.82, 2.24) is 0 Å². The molecule has 0 fully saturated rings. The first kappa shape index (κ1) is 24.5. The van der Waals surface area contributed by atoms with Gasteiger partial charge in [0.2, 0.25) is 0 Å². The number of hydrogen-bond donors (Lipinski definition) is 3. The molecule has 0 aliphatic heterocycles. The van der Waals surface area contributed by atoms with Gasteiger partial charge in [-0.25, -0.2) is 0 Å². The van der Waals surface area contributed by atoms with Crippen LogP contribution in [-0.4, -0.2) is 61.7 Å². The molecule has 3 aromatic rings. The van der Waals surface area contributed by atoms with E-state index in [1.54, 1.807) is 35.2 Å². The van der Waals surface area contributed by atoms with E-state index in [0.29, 0.717) is 17.2 Å². The summed E-state index contributed by atoms with van der Waals surface area (Å²) in [5.41, 5.74) is 0.372. The summed E-state index contributed by atoms with van der Waals surface area (Å²) in [5, 5.41) is 20.4. The van der Waals surface area contributed by atoms with Crippen molar-refractivity contribution < 1.29 is 32.7 Å². The maximum atomic E-state index is 11.7. The minimum Gasteiger partial charge on any atom is -0.491 e. The predicted molar refractivity (Wildman–Crippen MR) is 124 cm³/mol. The Balaban J connectivity index is 1.91. The summed E-state index contributed by atoms with van der Waals surface area (Å²) in [6.45, 7) is -0.577. The average Bonchev–Trinajstić information content (AvgIpc) is 2.84. The van der Waals surface area contributed by atoms with Crippen molar-refractivity contribution in [3.8, 4) is 11.5 Å². The molecule has 2 unspecified atom stereocenters. The van der Waals surface area contributed by atoms with Gasteiger partial charge in [0.15, 0.2) is 0 Å². The highest BCUT2D eigenvalue weighted by Gasteiger charge is 2.28. The van der Waals surface area contributed by atoms with E-state index in [1.165, 1.54) is 18.2 Å². The molecule has 0 aromatic heterocycles. The minimum absolute atomic E-state index is 0.0540. The molecule has 0 heterocycles. The van der Waals surface area contributed by atoms with Crippen LogP contribution in [0.3, 0.4) is 0 Å². The molecule has 0 saturated heterocycles. The summed E-state index contributed by atoms with van der Waals surface area (Å²) in [7, 11) is -4.45. The van der Waals surface area contributed by atoms with Crippen LogP contribution in [0.4, 0.5) is 5.69 Å². The van der Waals surface area contributed by atoms with Gasteiger partial charge < -0.3 is 24.6 Å². The van der Waals surface area contributed by atoms with E-state index >= 15 is 0 Å². The van der Waals surface area contributed by atoms with Crippen molar-refractivity contribution in [1.29, 1.82) is 0 Å². The first-order valence-corrected chi connectivity index (χ1v) is 11.8. The zero-order chi connectivity index (χ0) is 23.7. The van der Waals surface area contributed by atoms with Crippen molar-refractivity contribution in [3.63, 3.8) is 0 Å². The first-order chi connectivity index (χ1) is 15.9. The van der Waals surface area contributed by atoms with Crippen molar-refractivity contribution in [2.75, 3.05) is 31.3 Å². The van der Waals surface area contributed by atoms with E-state index < -0.39 is 22.2 Å². The summed E-state index contributed by atoms with van der Waals surface area (Å²) in [5.74, 6) is 1.20. The van der Waals surface area contributed by atoms with Crippen LogP contribution in [0.25, 0.3) is 0 Å². The van der Waals surface area contributed by atoms with Gasteiger partial charge in [-0.1, -0.05) is 42.5 Å². The molecule has 0 spiro atoms. The molecule has 0 bridgehead atoms. The highest BCUT2D eigenvalue weighted by molar-refractivity contribution is 7.85. The lowest BCUT2D eigenvalue weighted by Crippen LogP contribution is -2.52. The Labute approximate surface area is 193 Å². The van der Waals surface area contributed by atoms with E-state index in [-0.39, 0.29) is 31.3 Å². The largest absolute Gasteiger partial charge is 0.491 e. The van der Waals surface area contributed by atoms with Gasteiger partial charge in [-0.05, 0) is 42.5 Å². The maximum absolute atomic E-state index is 11.7. The van der Waals surface area contributed by atoms with Crippen LogP contribution < -0.4 is 14.4 Å². The number of para-hydroxylation sites is 2. The van der Waals surface area contributed by atoms with Crippen LogP contribution in [0, 0.1) is 0 Å². The predicted octanol–water partition coefficient (Wildman–Crippen LogP) is 2.62. The number of benzene rings is 3. The number of aliphatic hydroxyl groups excluding tert-OH is 2. The molecule has 0 aliphatic carbocycles. The van der Waals surface area contributed by atoms with Crippen molar-refractivity contribution in [2.45, 2.75) is 17.0 Å². The molecular formula is C24H27NO7S. The molecule has 3 rings (SSSR count). The first-order valence-electron chi connectivity index (χ1n) is 10.4. The molecule has 9 heteroatoms. The second-order valence-corrected chi connectivity index (χ2v) is 8.72. The summed E-state index contributed by atoms with van der Waals surface area (Å²) >= 11 is 0. The summed E-state index contributed by atoms with van der Waals surface area (Å²) < 4.78 is 44.5. The Morgan fingerprint density at radius 2 is 1.21 bits per heavy atom. The monoisotopic (exact) mass is 473 g/mol. The van der Waals surface area contributed by atoms with Gasteiger partial charge in [0, 0.05) is 5.69 Å². The number of anilines is 1. The van der Waals surface area contributed by atoms with Gasteiger partial charge in [-0.15, -0.1) is 0 Å². The molecule has 0 radical (unpaired) electrons. The quantitative estimate of drug-likeness (QED) is 0.344. The fourth-order valence-corrected chi connectivity index (χ4v) is 3.90. The molecular weight excluding hydrogens is 446 g/mol. The SMILES string of the molecule is O=S(=O)(O)c1cccc(N(C(CO)COc2ccccc2)C(CO)COc2ccccc2)c1.